The Hall–Kier alpha value is -1.16. The van der Waals surface area contributed by atoms with Gasteiger partial charge in [0.1, 0.15) is 10.8 Å². The van der Waals surface area contributed by atoms with Crippen LogP contribution in [0.4, 0.5) is 5.82 Å². The van der Waals surface area contributed by atoms with Crippen molar-refractivity contribution < 1.29 is 0 Å². The zero-order chi connectivity index (χ0) is 11.9. The molecule has 0 bridgehead atoms. The second kappa shape index (κ2) is 3.95. The Labute approximate surface area is 107 Å². The number of nitrogens with one attached hydrogen (secondary N) is 1. The van der Waals surface area contributed by atoms with Crippen LogP contribution in [0.15, 0.2) is 18.3 Å². The molecule has 0 atom stereocenters. The molecule has 1 aromatic rings. The second-order valence-electron chi connectivity index (χ2n) is 5.28. The molecule has 0 aromatic carbocycles. The molecule has 2 fully saturated rings. The third kappa shape index (κ3) is 2.27. The van der Waals surface area contributed by atoms with Crippen LogP contribution < -0.4 is 11.1 Å². The number of nitrogens with zero attached hydrogens (tertiary/aromatic N) is 1. The summed E-state index contributed by atoms with van der Waals surface area (Å²) in [6, 6.07) is 3.78. The van der Waals surface area contributed by atoms with Gasteiger partial charge in [0.05, 0.1) is 0 Å². The molecule has 3 rings (SSSR count). The van der Waals surface area contributed by atoms with Crippen molar-refractivity contribution in [3.8, 4) is 0 Å². The Morgan fingerprint density at radius 3 is 2.88 bits per heavy atom. The number of thiocarbonyl (C=S) groups is 1. The molecule has 3 nitrogen and oxygen atoms in total. The molecule has 4 heteroatoms. The lowest BCUT2D eigenvalue weighted by Crippen LogP contribution is -2.18. The number of anilines is 1. The van der Waals surface area contributed by atoms with Crippen LogP contribution in [-0.2, 0) is 0 Å². The minimum absolute atomic E-state index is 0.429. The fraction of sp³-hybridized carbons (Fsp3) is 0.538. The number of aromatic nitrogens is 1. The van der Waals surface area contributed by atoms with Gasteiger partial charge >= 0.3 is 0 Å². The molecule has 17 heavy (non-hydrogen) atoms. The molecule has 90 valence electrons. The zero-order valence-electron chi connectivity index (χ0n) is 9.78. The summed E-state index contributed by atoms with van der Waals surface area (Å²) < 4.78 is 0. The molecule has 0 amide bonds. The normalized spacial score (nSPS) is 20.9. The largest absolute Gasteiger partial charge is 0.389 e. The fourth-order valence-electron chi connectivity index (χ4n) is 2.53. The minimum atomic E-state index is 0.429. The second-order valence-corrected chi connectivity index (χ2v) is 5.72. The lowest BCUT2D eigenvalue weighted by molar-refractivity contribution is 0.466. The third-order valence-electron chi connectivity index (χ3n) is 4.00. The van der Waals surface area contributed by atoms with Gasteiger partial charge in [0.2, 0.25) is 0 Å². The van der Waals surface area contributed by atoms with Crippen LogP contribution in [0.25, 0.3) is 0 Å². The van der Waals surface area contributed by atoms with Crippen molar-refractivity contribution in [3.63, 3.8) is 0 Å². The number of rotatable bonds is 5. The Morgan fingerprint density at radius 2 is 2.29 bits per heavy atom. The van der Waals surface area contributed by atoms with E-state index in [1.807, 2.05) is 12.1 Å². The molecule has 0 radical (unpaired) electrons. The van der Waals surface area contributed by atoms with Crippen molar-refractivity contribution in [3.05, 3.63) is 23.9 Å². The highest BCUT2D eigenvalue weighted by molar-refractivity contribution is 7.80. The average molecular weight is 247 g/mol. The summed E-state index contributed by atoms with van der Waals surface area (Å²) in [6.45, 7) is 1.05. The predicted molar refractivity (Wildman–Crippen MR) is 73.0 cm³/mol. The van der Waals surface area contributed by atoms with E-state index < -0.39 is 0 Å². The highest BCUT2D eigenvalue weighted by atomic mass is 32.1. The zero-order valence-corrected chi connectivity index (χ0v) is 10.6. The summed E-state index contributed by atoms with van der Waals surface area (Å²) in [5, 5.41) is 3.44. The lowest BCUT2D eigenvalue weighted by atomic mass is 10.0. The van der Waals surface area contributed by atoms with E-state index in [1.165, 1.54) is 25.7 Å². The van der Waals surface area contributed by atoms with Crippen LogP contribution in [-0.4, -0.2) is 16.5 Å². The number of nitrogens with two attached hydrogens (primary N) is 1. The first kappa shape index (κ1) is 11.0. The SMILES string of the molecule is NC(=S)c1ccnc(NCC2(C3CC3)CC2)c1. The van der Waals surface area contributed by atoms with Crippen molar-refractivity contribution in [1.82, 2.24) is 4.98 Å². The number of hydrogen-bond acceptors (Lipinski definition) is 3. The van der Waals surface area contributed by atoms with Crippen LogP contribution in [0.2, 0.25) is 0 Å². The van der Waals surface area contributed by atoms with Gasteiger partial charge in [0, 0.05) is 18.3 Å². The van der Waals surface area contributed by atoms with Gasteiger partial charge in [-0.15, -0.1) is 0 Å². The third-order valence-corrected chi connectivity index (χ3v) is 4.24. The molecule has 0 spiro atoms. The molecule has 0 saturated heterocycles. The molecule has 1 aromatic heterocycles. The average Bonchev–Trinajstić information content (AvgIpc) is 3.17. The van der Waals surface area contributed by atoms with Crippen LogP contribution in [0.1, 0.15) is 31.2 Å². The number of pyridine rings is 1. The van der Waals surface area contributed by atoms with Crippen LogP contribution in [0.5, 0.6) is 0 Å². The van der Waals surface area contributed by atoms with E-state index in [9.17, 15) is 0 Å². The molecular weight excluding hydrogens is 230 g/mol. The van der Waals surface area contributed by atoms with Crippen molar-refractivity contribution >= 4 is 23.0 Å². The van der Waals surface area contributed by atoms with Gasteiger partial charge in [-0.3, -0.25) is 0 Å². The van der Waals surface area contributed by atoms with E-state index in [0.717, 1.165) is 23.8 Å². The molecule has 3 N–H and O–H groups in total. The first-order valence-electron chi connectivity index (χ1n) is 6.19. The van der Waals surface area contributed by atoms with E-state index >= 15 is 0 Å². The summed E-state index contributed by atoms with van der Waals surface area (Å²) in [5.41, 5.74) is 7.08. The topological polar surface area (TPSA) is 50.9 Å². The van der Waals surface area contributed by atoms with Gasteiger partial charge in [-0.05, 0) is 49.1 Å². The van der Waals surface area contributed by atoms with Crippen LogP contribution in [0.3, 0.4) is 0 Å². The Morgan fingerprint density at radius 1 is 1.53 bits per heavy atom. The summed E-state index contributed by atoms with van der Waals surface area (Å²) in [4.78, 5) is 4.74. The highest BCUT2D eigenvalue weighted by Crippen LogP contribution is 2.61. The molecule has 1 heterocycles. The summed E-state index contributed by atoms with van der Waals surface area (Å²) >= 11 is 4.97. The van der Waals surface area contributed by atoms with Crippen molar-refractivity contribution in [2.45, 2.75) is 25.7 Å². The van der Waals surface area contributed by atoms with Gasteiger partial charge < -0.3 is 11.1 Å². The first-order chi connectivity index (χ1) is 8.20. The highest BCUT2D eigenvalue weighted by Gasteiger charge is 2.53. The molecule has 2 saturated carbocycles. The van der Waals surface area contributed by atoms with Gasteiger partial charge in [0.15, 0.2) is 0 Å². The van der Waals surface area contributed by atoms with Gasteiger partial charge in [0.25, 0.3) is 0 Å². The van der Waals surface area contributed by atoms with E-state index in [1.54, 1.807) is 6.20 Å². The monoisotopic (exact) mass is 247 g/mol. The Bertz CT molecular complexity index is 450. The molecule has 0 aliphatic heterocycles. The van der Waals surface area contributed by atoms with Gasteiger partial charge in [-0.25, -0.2) is 4.98 Å². The number of hydrogen-bond donors (Lipinski definition) is 2. The summed E-state index contributed by atoms with van der Waals surface area (Å²) in [6.07, 6.45) is 7.34. The maximum absolute atomic E-state index is 5.61. The van der Waals surface area contributed by atoms with Gasteiger partial charge in [-0.1, -0.05) is 12.2 Å². The van der Waals surface area contributed by atoms with Crippen molar-refractivity contribution in [2.75, 3.05) is 11.9 Å². The maximum atomic E-state index is 5.61. The van der Waals surface area contributed by atoms with Crippen LogP contribution >= 0.6 is 12.2 Å². The molecule has 2 aliphatic carbocycles. The summed E-state index contributed by atoms with van der Waals surface area (Å²) in [7, 11) is 0. The first-order valence-corrected chi connectivity index (χ1v) is 6.60. The van der Waals surface area contributed by atoms with E-state index in [4.69, 9.17) is 18.0 Å². The quantitative estimate of drug-likeness (QED) is 0.784. The van der Waals surface area contributed by atoms with Crippen LogP contribution in [0, 0.1) is 11.3 Å². The lowest BCUT2D eigenvalue weighted by Gasteiger charge is -2.15. The van der Waals surface area contributed by atoms with Gasteiger partial charge in [-0.2, -0.15) is 0 Å². The van der Waals surface area contributed by atoms with Crippen molar-refractivity contribution in [2.24, 2.45) is 17.1 Å². The van der Waals surface area contributed by atoms with Crippen molar-refractivity contribution in [1.29, 1.82) is 0 Å². The fourth-order valence-corrected chi connectivity index (χ4v) is 2.66. The van der Waals surface area contributed by atoms with E-state index in [2.05, 4.69) is 10.3 Å². The Kier molecular flexibility index (Phi) is 2.54. The Balaban J connectivity index is 1.64. The van der Waals surface area contributed by atoms with E-state index in [0.29, 0.717) is 10.4 Å². The molecule has 2 aliphatic rings. The standard InChI is InChI=1S/C13H17N3S/c14-12(17)9-3-6-15-11(7-9)16-8-13(4-5-13)10-1-2-10/h3,6-7,10H,1-2,4-5,8H2,(H2,14,17)(H,15,16). The molecule has 0 unspecified atom stereocenters. The summed E-state index contributed by atoms with van der Waals surface area (Å²) in [5.74, 6) is 1.86. The maximum Gasteiger partial charge on any atom is 0.126 e. The van der Waals surface area contributed by atoms with E-state index in [-0.39, 0.29) is 0 Å². The minimum Gasteiger partial charge on any atom is -0.389 e. The smallest absolute Gasteiger partial charge is 0.126 e. The molecular formula is C13H17N3S. The predicted octanol–water partition coefficient (Wildman–Crippen LogP) is 2.32.